The maximum atomic E-state index is 12.9. The van der Waals surface area contributed by atoms with Crippen molar-refractivity contribution in [3.8, 4) is 22.5 Å². The molecule has 1 fully saturated rings. The highest BCUT2D eigenvalue weighted by atomic mass is 16.1. The highest BCUT2D eigenvalue weighted by Gasteiger charge is 2.27. The quantitative estimate of drug-likeness (QED) is 0.400. The van der Waals surface area contributed by atoms with Crippen molar-refractivity contribution in [1.29, 1.82) is 0 Å². The molecule has 0 saturated carbocycles. The molecule has 0 unspecified atom stereocenters. The van der Waals surface area contributed by atoms with E-state index in [1.807, 2.05) is 30.5 Å². The Hall–Kier alpha value is -4.30. The van der Waals surface area contributed by atoms with Gasteiger partial charge in [0.2, 0.25) is 0 Å². The summed E-state index contributed by atoms with van der Waals surface area (Å²) in [6, 6.07) is 14.9. The van der Waals surface area contributed by atoms with Gasteiger partial charge in [0.25, 0.3) is 5.91 Å². The molecular weight excluding hydrogens is 450 g/mol. The van der Waals surface area contributed by atoms with Crippen LogP contribution in [0.5, 0.6) is 0 Å². The van der Waals surface area contributed by atoms with Gasteiger partial charge >= 0.3 is 0 Å². The Balaban J connectivity index is 1.30. The minimum Gasteiger partial charge on any atom is -0.370 e. The van der Waals surface area contributed by atoms with Crippen molar-refractivity contribution < 1.29 is 4.79 Å². The van der Waals surface area contributed by atoms with Crippen LogP contribution in [0.2, 0.25) is 0 Å². The number of carbonyl (C=O) groups is 1. The van der Waals surface area contributed by atoms with Crippen LogP contribution >= 0.6 is 0 Å². The van der Waals surface area contributed by atoms with Gasteiger partial charge in [0, 0.05) is 65.5 Å². The Morgan fingerprint density at radius 2 is 1.97 bits per heavy atom. The van der Waals surface area contributed by atoms with E-state index in [9.17, 15) is 4.79 Å². The van der Waals surface area contributed by atoms with E-state index in [1.54, 1.807) is 12.4 Å². The Bertz CT molecular complexity index is 1690. The molecule has 2 aromatic carbocycles. The number of hydrogen-bond acceptors (Lipinski definition) is 5. The number of rotatable bonds is 4. The molecule has 3 aromatic heterocycles. The number of aliphatic imine (C=N–C) groups is 1. The monoisotopic (exact) mass is 475 g/mol. The number of nitrogens with one attached hydrogen (secondary N) is 2. The normalized spacial score (nSPS) is 17.2. The molecule has 0 radical (unpaired) electrons. The molecule has 5 aromatic rings. The predicted molar refractivity (Wildman–Crippen MR) is 143 cm³/mol. The molecular formula is C28H25N7O. The SMILES string of the molecule is CN(C)[C@H]1CCN(c2ccc3[nH]c(-c4ccc(-c5c[nH]c6ncccc56)c5c4C(=O)N=C5)nc3c2)C1. The second-order valence-electron chi connectivity index (χ2n) is 9.75. The summed E-state index contributed by atoms with van der Waals surface area (Å²) < 4.78 is 0. The van der Waals surface area contributed by atoms with Crippen LogP contribution in [0.1, 0.15) is 22.3 Å². The van der Waals surface area contributed by atoms with E-state index in [1.165, 1.54) is 5.69 Å². The van der Waals surface area contributed by atoms with Gasteiger partial charge in [0.15, 0.2) is 0 Å². The van der Waals surface area contributed by atoms with Gasteiger partial charge in [-0.05, 0) is 62.5 Å². The number of likely N-dealkylation sites (N-methyl/N-ethyl adjacent to an activating group) is 1. The lowest BCUT2D eigenvalue weighted by Gasteiger charge is -2.21. The van der Waals surface area contributed by atoms with Crippen LogP contribution in [-0.4, -0.2) is 70.2 Å². The number of anilines is 1. The van der Waals surface area contributed by atoms with Crippen LogP contribution in [0.15, 0.2) is 59.9 Å². The molecule has 1 atom stereocenters. The van der Waals surface area contributed by atoms with Gasteiger partial charge in [-0.25, -0.2) is 15.0 Å². The Morgan fingerprint density at radius 3 is 2.83 bits per heavy atom. The maximum absolute atomic E-state index is 12.9. The number of amides is 1. The first-order valence-electron chi connectivity index (χ1n) is 12.2. The van der Waals surface area contributed by atoms with Gasteiger partial charge in [-0.15, -0.1) is 0 Å². The molecule has 1 amide bonds. The summed E-state index contributed by atoms with van der Waals surface area (Å²) in [4.78, 5) is 37.7. The summed E-state index contributed by atoms with van der Waals surface area (Å²) in [7, 11) is 4.28. The zero-order valence-electron chi connectivity index (χ0n) is 20.1. The average molecular weight is 476 g/mol. The van der Waals surface area contributed by atoms with E-state index in [4.69, 9.17) is 4.98 Å². The van der Waals surface area contributed by atoms with Crippen LogP contribution < -0.4 is 4.90 Å². The van der Waals surface area contributed by atoms with Crippen molar-refractivity contribution in [3.05, 3.63) is 66.0 Å². The third-order valence-electron chi connectivity index (χ3n) is 7.49. The third-order valence-corrected chi connectivity index (χ3v) is 7.49. The molecule has 1 saturated heterocycles. The summed E-state index contributed by atoms with van der Waals surface area (Å²) in [6.45, 7) is 2.05. The summed E-state index contributed by atoms with van der Waals surface area (Å²) in [5, 5.41) is 1.01. The topological polar surface area (TPSA) is 93.3 Å². The number of aromatic nitrogens is 4. The molecule has 0 bridgehead atoms. The summed E-state index contributed by atoms with van der Waals surface area (Å²) in [5.41, 5.74) is 7.94. The highest BCUT2D eigenvalue weighted by Crippen LogP contribution is 2.38. The second kappa shape index (κ2) is 7.86. The van der Waals surface area contributed by atoms with Crippen LogP contribution in [-0.2, 0) is 0 Å². The number of fused-ring (bicyclic) bond motifs is 3. The second-order valence-corrected chi connectivity index (χ2v) is 9.75. The molecule has 36 heavy (non-hydrogen) atoms. The Labute approximate surface area is 207 Å². The maximum Gasteiger partial charge on any atom is 0.278 e. The molecule has 2 N–H and O–H groups in total. The number of H-pyrrole nitrogens is 2. The zero-order valence-corrected chi connectivity index (χ0v) is 20.1. The van der Waals surface area contributed by atoms with E-state index >= 15 is 0 Å². The van der Waals surface area contributed by atoms with E-state index in [-0.39, 0.29) is 5.91 Å². The average Bonchev–Trinajstić information content (AvgIpc) is 3.68. The standard InChI is InChI=1S/C28H25N7O/c1-34(2)17-9-11-35(15-17)16-5-8-23-24(12-16)33-27(32-23)20-7-6-18(22-14-31-28(36)25(20)22)21-13-30-26-19(21)4-3-10-29-26/h3-8,10,12-14,17H,9,11,15H2,1-2H3,(H,29,30)(H,32,33)/t17-/m0/s1. The van der Waals surface area contributed by atoms with E-state index in [0.717, 1.165) is 63.8 Å². The molecule has 2 aliphatic rings. The molecule has 8 heteroatoms. The highest BCUT2D eigenvalue weighted by molar-refractivity contribution is 6.20. The molecule has 5 heterocycles. The fourth-order valence-electron chi connectivity index (χ4n) is 5.50. The lowest BCUT2D eigenvalue weighted by atomic mass is 9.93. The molecule has 2 aliphatic heterocycles. The lowest BCUT2D eigenvalue weighted by Crippen LogP contribution is -2.31. The number of aromatic amines is 2. The van der Waals surface area contributed by atoms with Crippen LogP contribution in [0.3, 0.4) is 0 Å². The lowest BCUT2D eigenvalue weighted by molar-refractivity contribution is 0.101. The van der Waals surface area contributed by atoms with Gasteiger partial charge in [-0.1, -0.05) is 6.07 Å². The van der Waals surface area contributed by atoms with Crippen molar-refractivity contribution in [3.63, 3.8) is 0 Å². The number of carbonyl (C=O) groups excluding carboxylic acids is 1. The zero-order chi connectivity index (χ0) is 24.4. The van der Waals surface area contributed by atoms with Gasteiger partial charge < -0.3 is 19.8 Å². The number of pyridine rings is 1. The Morgan fingerprint density at radius 1 is 1.08 bits per heavy atom. The molecule has 0 aliphatic carbocycles. The van der Waals surface area contributed by atoms with Crippen molar-refractivity contribution >= 4 is 39.9 Å². The van der Waals surface area contributed by atoms with E-state index in [2.05, 4.69) is 62.0 Å². The van der Waals surface area contributed by atoms with Gasteiger partial charge in [-0.2, -0.15) is 0 Å². The fraction of sp³-hybridized carbons (Fsp3) is 0.214. The first kappa shape index (κ1) is 21.0. The first-order valence-corrected chi connectivity index (χ1v) is 12.2. The smallest absolute Gasteiger partial charge is 0.278 e. The van der Waals surface area contributed by atoms with E-state index in [0.29, 0.717) is 17.4 Å². The van der Waals surface area contributed by atoms with Crippen molar-refractivity contribution in [2.45, 2.75) is 12.5 Å². The third kappa shape index (κ3) is 3.18. The van der Waals surface area contributed by atoms with Gasteiger partial charge in [0.05, 0.1) is 16.6 Å². The summed E-state index contributed by atoms with van der Waals surface area (Å²) >= 11 is 0. The van der Waals surface area contributed by atoms with Crippen LogP contribution in [0.25, 0.3) is 44.6 Å². The molecule has 0 spiro atoms. The van der Waals surface area contributed by atoms with Crippen molar-refractivity contribution in [2.24, 2.45) is 4.99 Å². The van der Waals surface area contributed by atoms with Gasteiger partial charge in [-0.3, -0.25) is 4.79 Å². The van der Waals surface area contributed by atoms with Crippen molar-refractivity contribution in [2.75, 3.05) is 32.1 Å². The molecule has 8 nitrogen and oxygen atoms in total. The minimum absolute atomic E-state index is 0.243. The number of imidazole rings is 1. The van der Waals surface area contributed by atoms with Crippen molar-refractivity contribution in [1.82, 2.24) is 24.8 Å². The number of hydrogen-bond donors (Lipinski definition) is 2. The largest absolute Gasteiger partial charge is 0.370 e. The van der Waals surface area contributed by atoms with Crippen LogP contribution in [0.4, 0.5) is 5.69 Å². The number of nitrogens with zero attached hydrogens (tertiary/aromatic N) is 5. The number of benzene rings is 2. The minimum atomic E-state index is -0.243. The first-order chi connectivity index (χ1) is 17.6. The fourth-order valence-corrected chi connectivity index (χ4v) is 5.50. The summed E-state index contributed by atoms with van der Waals surface area (Å²) in [6.07, 6.45) is 6.52. The summed E-state index contributed by atoms with van der Waals surface area (Å²) in [5.74, 6) is 0.435. The predicted octanol–water partition coefficient (Wildman–Crippen LogP) is 4.49. The molecule has 7 rings (SSSR count). The van der Waals surface area contributed by atoms with Crippen LogP contribution in [0, 0.1) is 0 Å². The molecule has 178 valence electrons. The van der Waals surface area contributed by atoms with Gasteiger partial charge in [0.1, 0.15) is 11.5 Å². The Kier molecular flexibility index (Phi) is 4.59. The van der Waals surface area contributed by atoms with E-state index < -0.39 is 0 Å².